The number of ether oxygens (including phenoxy) is 1. The molecule has 132 valence electrons. The highest BCUT2D eigenvalue weighted by Crippen LogP contribution is 2.38. The van der Waals surface area contributed by atoms with Gasteiger partial charge in [-0.15, -0.1) is 22.7 Å². The van der Waals surface area contributed by atoms with Crippen molar-refractivity contribution >= 4 is 57.2 Å². The van der Waals surface area contributed by atoms with Crippen LogP contribution < -0.4 is 10.6 Å². The van der Waals surface area contributed by atoms with Crippen LogP contribution in [0, 0.1) is 0 Å². The first-order chi connectivity index (χ1) is 12.0. The summed E-state index contributed by atoms with van der Waals surface area (Å²) in [4.78, 5) is 37.8. The van der Waals surface area contributed by atoms with Crippen molar-refractivity contribution in [1.82, 2.24) is 5.32 Å². The van der Waals surface area contributed by atoms with Crippen molar-refractivity contribution in [2.45, 2.75) is 25.7 Å². The van der Waals surface area contributed by atoms with Crippen molar-refractivity contribution in [3.8, 4) is 0 Å². The summed E-state index contributed by atoms with van der Waals surface area (Å²) in [6.45, 7) is 0. The number of nitrogens with one attached hydrogen (secondary N) is 2. The fraction of sp³-hybridized carbons (Fsp3) is 0.312. The Kier molecular flexibility index (Phi) is 5.41. The number of amides is 3. The molecule has 0 bridgehead atoms. The number of anilines is 1. The van der Waals surface area contributed by atoms with Gasteiger partial charge in [0.15, 0.2) is 0 Å². The Balaban J connectivity index is 1.92. The van der Waals surface area contributed by atoms with Gasteiger partial charge in [0.25, 0.3) is 11.8 Å². The Morgan fingerprint density at radius 1 is 1.12 bits per heavy atom. The highest BCUT2D eigenvalue weighted by Gasteiger charge is 2.27. The van der Waals surface area contributed by atoms with E-state index in [-0.39, 0.29) is 5.91 Å². The fourth-order valence-electron chi connectivity index (χ4n) is 2.70. The second-order valence-electron chi connectivity index (χ2n) is 5.42. The molecular weight excluding hydrogens is 384 g/mol. The topological polar surface area (TPSA) is 84.5 Å². The Hall–Kier alpha value is -1.90. The van der Waals surface area contributed by atoms with Crippen LogP contribution in [0.15, 0.2) is 12.1 Å². The fourth-order valence-corrected chi connectivity index (χ4v) is 4.92. The summed E-state index contributed by atoms with van der Waals surface area (Å²) in [5.41, 5.74) is 1.25. The van der Waals surface area contributed by atoms with Crippen LogP contribution in [-0.4, -0.2) is 25.0 Å². The monoisotopic (exact) mass is 398 g/mol. The van der Waals surface area contributed by atoms with E-state index in [1.165, 1.54) is 18.4 Å². The smallest absolute Gasteiger partial charge is 0.413 e. The van der Waals surface area contributed by atoms with Gasteiger partial charge in [-0.05, 0) is 43.4 Å². The van der Waals surface area contributed by atoms with Crippen LogP contribution in [0.25, 0.3) is 0 Å². The number of methoxy groups -OCH3 is 1. The zero-order valence-electron chi connectivity index (χ0n) is 13.3. The van der Waals surface area contributed by atoms with Crippen LogP contribution in [-0.2, 0) is 17.6 Å². The van der Waals surface area contributed by atoms with Gasteiger partial charge < -0.3 is 10.1 Å². The van der Waals surface area contributed by atoms with Gasteiger partial charge in [0.05, 0.1) is 21.9 Å². The van der Waals surface area contributed by atoms with Crippen LogP contribution >= 0.6 is 34.3 Å². The minimum absolute atomic E-state index is 0.331. The van der Waals surface area contributed by atoms with Gasteiger partial charge in [0.1, 0.15) is 5.00 Å². The van der Waals surface area contributed by atoms with Crippen LogP contribution in [0.5, 0.6) is 0 Å². The van der Waals surface area contributed by atoms with Gasteiger partial charge in [-0.3, -0.25) is 14.9 Å². The van der Waals surface area contributed by atoms with Crippen LogP contribution in [0.1, 0.15) is 43.3 Å². The third-order valence-electron chi connectivity index (χ3n) is 3.82. The van der Waals surface area contributed by atoms with E-state index in [1.54, 1.807) is 12.1 Å². The minimum atomic E-state index is -0.830. The summed E-state index contributed by atoms with van der Waals surface area (Å²) in [5.74, 6) is -0.895. The van der Waals surface area contributed by atoms with E-state index in [0.717, 1.165) is 47.5 Å². The van der Waals surface area contributed by atoms with E-state index in [4.69, 9.17) is 11.6 Å². The molecule has 0 aromatic carbocycles. The van der Waals surface area contributed by atoms with Crippen molar-refractivity contribution in [3.63, 3.8) is 0 Å². The van der Waals surface area contributed by atoms with Gasteiger partial charge in [-0.25, -0.2) is 4.79 Å². The molecule has 2 aromatic rings. The summed E-state index contributed by atoms with van der Waals surface area (Å²) in [7, 11) is 1.19. The first kappa shape index (κ1) is 17.9. The summed E-state index contributed by atoms with van der Waals surface area (Å²) < 4.78 is 5.00. The number of hydrogen-bond donors (Lipinski definition) is 2. The van der Waals surface area contributed by atoms with Gasteiger partial charge in [-0.1, -0.05) is 11.6 Å². The quantitative estimate of drug-likeness (QED) is 0.815. The van der Waals surface area contributed by atoms with Gasteiger partial charge in [0.2, 0.25) is 0 Å². The molecule has 3 amide bonds. The lowest BCUT2D eigenvalue weighted by Crippen LogP contribution is -2.31. The molecule has 2 heterocycles. The molecule has 9 heteroatoms. The lowest BCUT2D eigenvalue weighted by atomic mass is 9.95. The highest BCUT2D eigenvalue weighted by atomic mass is 35.5. The predicted octanol–water partition coefficient (Wildman–Crippen LogP) is 4.09. The summed E-state index contributed by atoms with van der Waals surface area (Å²) >= 11 is 8.41. The number of alkyl carbamates (subject to hydrolysis) is 1. The number of aryl methyl sites for hydroxylation is 1. The van der Waals surface area contributed by atoms with Gasteiger partial charge >= 0.3 is 6.09 Å². The molecule has 6 nitrogen and oxygen atoms in total. The predicted molar refractivity (Wildman–Crippen MR) is 98.1 cm³/mol. The van der Waals surface area contributed by atoms with E-state index in [2.05, 4.69) is 15.4 Å². The average Bonchev–Trinajstić information content (AvgIpc) is 3.17. The standard InChI is InChI=1S/C16H15ClN2O4S2/c1-23-16(22)19-14(21)12-8-4-2-3-5-9(8)25-15(12)18-13(20)10-6-7-11(17)24-10/h6-7H,2-5H2,1H3,(H,18,20)(H,19,21,22). The second-order valence-corrected chi connectivity index (χ2v) is 8.24. The lowest BCUT2D eigenvalue weighted by molar-refractivity contribution is 0.0937. The lowest BCUT2D eigenvalue weighted by Gasteiger charge is -2.12. The SMILES string of the molecule is COC(=O)NC(=O)c1c(NC(=O)c2ccc(Cl)s2)sc2c1CCCC2. The average molecular weight is 399 g/mol. The molecule has 25 heavy (non-hydrogen) atoms. The van der Waals surface area contributed by atoms with E-state index >= 15 is 0 Å². The van der Waals surface area contributed by atoms with E-state index in [1.807, 2.05) is 0 Å². The molecule has 0 radical (unpaired) electrons. The molecule has 1 aliphatic carbocycles. The summed E-state index contributed by atoms with van der Waals surface area (Å²) in [5, 5.41) is 5.41. The first-order valence-electron chi connectivity index (χ1n) is 7.60. The molecule has 0 aliphatic heterocycles. The maximum Gasteiger partial charge on any atom is 0.413 e. The molecule has 0 saturated carbocycles. The number of halogens is 1. The van der Waals surface area contributed by atoms with Crippen molar-refractivity contribution < 1.29 is 19.1 Å². The molecule has 0 unspecified atom stereocenters. The number of carbonyl (C=O) groups is 3. The number of hydrogen-bond acceptors (Lipinski definition) is 6. The molecule has 2 N–H and O–H groups in total. The molecule has 0 spiro atoms. The zero-order valence-corrected chi connectivity index (χ0v) is 15.7. The molecule has 0 fully saturated rings. The maximum atomic E-state index is 12.5. The summed E-state index contributed by atoms with van der Waals surface area (Å²) in [6.07, 6.45) is 2.79. The number of thiophene rings is 2. The van der Waals surface area contributed by atoms with Crippen LogP contribution in [0.3, 0.4) is 0 Å². The second kappa shape index (κ2) is 7.55. The highest BCUT2D eigenvalue weighted by molar-refractivity contribution is 7.18. The molecule has 2 aromatic heterocycles. The number of rotatable bonds is 3. The third-order valence-corrected chi connectivity index (χ3v) is 6.26. The molecule has 3 rings (SSSR count). The van der Waals surface area contributed by atoms with E-state index in [9.17, 15) is 14.4 Å². The third kappa shape index (κ3) is 3.86. The molecule has 1 aliphatic rings. The van der Waals surface area contributed by atoms with Gasteiger partial charge in [0, 0.05) is 4.88 Å². The van der Waals surface area contributed by atoms with Crippen molar-refractivity contribution in [2.75, 3.05) is 12.4 Å². The number of fused-ring (bicyclic) bond motifs is 1. The molecular formula is C16H15ClN2O4S2. The van der Waals surface area contributed by atoms with Crippen LogP contribution in [0.4, 0.5) is 9.80 Å². The number of imide groups is 1. The van der Waals surface area contributed by atoms with E-state index < -0.39 is 12.0 Å². The summed E-state index contributed by atoms with van der Waals surface area (Å²) in [6, 6.07) is 3.27. The largest absolute Gasteiger partial charge is 0.453 e. The normalized spacial score (nSPS) is 13.0. The van der Waals surface area contributed by atoms with E-state index in [0.29, 0.717) is 19.8 Å². The van der Waals surface area contributed by atoms with Crippen molar-refractivity contribution in [2.24, 2.45) is 0 Å². The Morgan fingerprint density at radius 3 is 2.56 bits per heavy atom. The molecule has 0 saturated heterocycles. The Morgan fingerprint density at radius 2 is 1.88 bits per heavy atom. The Labute approximate surface area is 157 Å². The first-order valence-corrected chi connectivity index (χ1v) is 9.61. The van der Waals surface area contributed by atoms with Gasteiger partial charge in [-0.2, -0.15) is 0 Å². The molecule has 0 atom stereocenters. The Bertz CT molecular complexity index is 843. The van der Waals surface area contributed by atoms with Crippen LogP contribution in [0.2, 0.25) is 4.34 Å². The van der Waals surface area contributed by atoms with Crippen molar-refractivity contribution in [3.05, 3.63) is 37.4 Å². The maximum absolute atomic E-state index is 12.5. The van der Waals surface area contributed by atoms with Crippen molar-refractivity contribution in [1.29, 1.82) is 0 Å². The number of carbonyl (C=O) groups excluding carboxylic acids is 3. The minimum Gasteiger partial charge on any atom is -0.453 e. The zero-order chi connectivity index (χ0) is 18.0.